The number of nitrogens with zero attached hydrogens (tertiary/aromatic N) is 3. The predicted octanol–water partition coefficient (Wildman–Crippen LogP) is 2.54. The molecular formula is C18H19N5O. The first kappa shape index (κ1) is 13.8. The molecular weight excluding hydrogens is 302 g/mol. The molecule has 2 bridgehead atoms. The minimum atomic E-state index is 0.120. The molecule has 0 unspecified atom stereocenters. The van der Waals surface area contributed by atoms with E-state index in [4.69, 9.17) is 0 Å². The van der Waals surface area contributed by atoms with Crippen molar-refractivity contribution in [2.24, 2.45) is 0 Å². The molecule has 6 heteroatoms. The van der Waals surface area contributed by atoms with Crippen LogP contribution in [-0.4, -0.2) is 43.3 Å². The van der Waals surface area contributed by atoms with Crippen molar-refractivity contribution in [3.63, 3.8) is 0 Å². The van der Waals surface area contributed by atoms with E-state index in [1.54, 1.807) is 6.33 Å². The Labute approximate surface area is 139 Å². The zero-order valence-corrected chi connectivity index (χ0v) is 13.5. The zero-order valence-electron chi connectivity index (χ0n) is 13.5. The molecule has 0 spiro atoms. The molecule has 6 nitrogen and oxygen atoms in total. The summed E-state index contributed by atoms with van der Waals surface area (Å²) in [5.74, 6) is 1.59. The van der Waals surface area contributed by atoms with Crippen molar-refractivity contribution < 1.29 is 4.79 Å². The van der Waals surface area contributed by atoms with Gasteiger partial charge >= 0.3 is 0 Å². The fraction of sp³-hybridized carbons (Fsp3) is 0.389. The molecule has 122 valence electrons. The largest absolute Gasteiger partial charge is 0.346 e. The summed E-state index contributed by atoms with van der Waals surface area (Å²) >= 11 is 0. The Bertz CT molecular complexity index is 940. The Morgan fingerprint density at radius 3 is 3.21 bits per heavy atom. The second-order valence-corrected chi connectivity index (χ2v) is 6.90. The van der Waals surface area contributed by atoms with Crippen LogP contribution in [0.3, 0.4) is 0 Å². The molecule has 0 saturated carbocycles. The van der Waals surface area contributed by atoms with E-state index in [0.717, 1.165) is 48.2 Å². The van der Waals surface area contributed by atoms with E-state index in [9.17, 15) is 4.79 Å². The average molecular weight is 321 g/mol. The molecule has 2 aliphatic rings. The third-order valence-electron chi connectivity index (χ3n) is 5.40. The number of nitrogens with one attached hydrogen (secondary N) is 2. The molecule has 2 atom stereocenters. The summed E-state index contributed by atoms with van der Waals surface area (Å²) < 4.78 is 0. The van der Waals surface area contributed by atoms with Crippen molar-refractivity contribution in [3.8, 4) is 0 Å². The van der Waals surface area contributed by atoms with Crippen LogP contribution in [0.5, 0.6) is 0 Å². The highest BCUT2D eigenvalue weighted by Crippen LogP contribution is 2.39. The summed E-state index contributed by atoms with van der Waals surface area (Å²) in [4.78, 5) is 30.4. The van der Waals surface area contributed by atoms with Gasteiger partial charge in [-0.05, 0) is 38.0 Å². The molecule has 1 fully saturated rings. The van der Waals surface area contributed by atoms with Gasteiger partial charge in [0.25, 0.3) is 5.91 Å². The van der Waals surface area contributed by atoms with Crippen molar-refractivity contribution in [2.45, 2.75) is 38.1 Å². The van der Waals surface area contributed by atoms with E-state index in [-0.39, 0.29) is 11.9 Å². The van der Waals surface area contributed by atoms with Gasteiger partial charge in [-0.15, -0.1) is 0 Å². The van der Waals surface area contributed by atoms with Crippen molar-refractivity contribution in [2.75, 3.05) is 6.54 Å². The number of carbonyl (C=O) groups excluding carboxylic acids is 1. The van der Waals surface area contributed by atoms with Gasteiger partial charge in [-0.1, -0.05) is 0 Å². The first-order valence-corrected chi connectivity index (χ1v) is 8.48. The summed E-state index contributed by atoms with van der Waals surface area (Å²) in [5.41, 5.74) is 4.98. The Kier molecular flexibility index (Phi) is 2.83. The third kappa shape index (κ3) is 1.99. The van der Waals surface area contributed by atoms with Crippen LogP contribution < -0.4 is 0 Å². The van der Waals surface area contributed by atoms with Gasteiger partial charge in [0.1, 0.15) is 5.82 Å². The Balaban J connectivity index is 1.46. The summed E-state index contributed by atoms with van der Waals surface area (Å²) in [6.45, 7) is 2.81. The summed E-state index contributed by atoms with van der Waals surface area (Å²) in [6, 6.07) is 5.96. The van der Waals surface area contributed by atoms with E-state index in [1.807, 2.05) is 30.0 Å². The van der Waals surface area contributed by atoms with Gasteiger partial charge in [0, 0.05) is 36.2 Å². The van der Waals surface area contributed by atoms with Crippen LogP contribution in [0.15, 0.2) is 24.5 Å². The first-order chi connectivity index (χ1) is 11.7. The van der Waals surface area contributed by atoms with Gasteiger partial charge < -0.3 is 14.9 Å². The highest BCUT2D eigenvalue weighted by atomic mass is 16.2. The third-order valence-corrected chi connectivity index (χ3v) is 5.40. The SMILES string of the molecule is Cc1nc2c([nH]1)C[C@H]1C[C@@H]2CCN1C(=O)c1ccc2nc[nH]c2c1. The topological polar surface area (TPSA) is 77.7 Å². The van der Waals surface area contributed by atoms with Gasteiger partial charge in [-0.2, -0.15) is 0 Å². The van der Waals surface area contributed by atoms with Gasteiger partial charge in [-0.3, -0.25) is 4.79 Å². The molecule has 1 aliphatic carbocycles. The number of imidazole rings is 2. The summed E-state index contributed by atoms with van der Waals surface area (Å²) in [6.07, 6.45) is 4.56. The molecule has 3 aromatic rings. The average Bonchev–Trinajstić information content (AvgIpc) is 3.19. The van der Waals surface area contributed by atoms with Crippen molar-refractivity contribution in [1.82, 2.24) is 24.8 Å². The van der Waals surface area contributed by atoms with E-state index in [2.05, 4.69) is 19.9 Å². The van der Waals surface area contributed by atoms with Gasteiger partial charge in [0.05, 0.1) is 23.1 Å². The molecule has 2 N–H and O–H groups in total. The van der Waals surface area contributed by atoms with Crippen molar-refractivity contribution >= 4 is 16.9 Å². The number of hydrogen-bond acceptors (Lipinski definition) is 3. The number of hydrogen-bond donors (Lipinski definition) is 2. The van der Waals surface area contributed by atoms with Crippen LogP contribution in [0.25, 0.3) is 11.0 Å². The maximum absolute atomic E-state index is 13.0. The number of amides is 1. The molecule has 24 heavy (non-hydrogen) atoms. The van der Waals surface area contributed by atoms with E-state index in [0.29, 0.717) is 5.92 Å². The second kappa shape index (κ2) is 4.93. The van der Waals surface area contributed by atoms with E-state index in [1.165, 1.54) is 11.4 Å². The highest BCUT2D eigenvalue weighted by molar-refractivity contribution is 5.97. The minimum absolute atomic E-state index is 0.120. The minimum Gasteiger partial charge on any atom is -0.346 e. The lowest BCUT2D eigenvalue weighted by Gasteiger charge is -2.42. The van der Waals surface area contributed by atoms with Crippen molar-refractivity contribution in [3.05, 3.63) is 47.3 Å². The summed E-state index contributed by atoms with van der Waals surface area (Å²) in [7, 11) is 0. The standard InChI is InChI=1S/C18H19N5O/c1-10-21-16-8-13-6-11(17(16)22-10)4-5-23(13)18(24)12-2-3-14-15(7-12)20-9-19-14/h2-3,7,9,11,13H,4-6,8H2,1H3,(H,19,20)(H,21,22)/t11-,13+/m0/s1. The molecule has 1 saturated heterocycles. The smallest absolute Gasteiger partial charge is 0.254 e. The number of aromatic amines is 2. The van der Waals surface area contributed by atoms with E-state index >= 15 is 0 Å². The molecule has 3 heterocycles. The Hall–Kier alpha value is -2.63. The molecule has 0 radical (unpaired) electrons. The number of aryl methyl sites for hydroxylation is 1. The fourth-order valence-corrected chi connectivity index (χ4v) is 4.28. The van der Waals surface area contributed by atoms with Crippen LogP contribution in [0, 0.1) is 6.92 Å². The van der Waals surface area contributed by atoms with Crippen LogP contribution in [0.4, 0.5) is 0 Å². The van der Waals surface area contributed by atoms with Gasteiger partial charge in [-0.25, -0.2) is 9.97 Å². The number of H-pyrrole nitrogens is 2. The van der Waals surface area contributed by atoms with E-state index < -0.39 is 0 Å². The summed E-state index contributed by atoms with van der Waals surface area (Å²) in [5, 5.41) is 0. The lowest BCUT2D eigenvalue weighted by atomic mass is 9.80. The molecule has 1 amide bonds. The van der Waals surface area contributed by atoms with Gasteiger partial charge in [0.15, 0.2) is 0 Å². The molecule has 5 rings (SSSR count). The Morgan fingerprint density at radius 1 is 1.38 bits per heavy atom. The molecule has 1 aromatic carbocycles. The number of carbonyl (C=O) groups is 1. The number of aromatic nitrogens is 4. The number of fused-ring (bicyclic) bond motifs is 5. The van der Waals surface area contributed by atoms with Crippen LogP contribution in [0.2, 0.25) is 0 Å². The number of likely N-dealkylation sites (tertiary alicyclic amines) is 1. The maximum Gasteiger partial charge on any atom is 0.254 e. The predicted molar refractivity (Wildman–Crippen MR) is 89.9 cm³/mol. The second-order valence-electron chi connectivity index (χ2n) is 6.90. The van der Waals surface area contributed by atoms with Crippen LogP contribution in [-0.2, 0) is 6.42 Å². The number of rotatable bonds is 1. The van der Waals surface area contributed by atoms with Crippen molar-refractivity contribution in [1.29, 1.82) is 0 Å². The molecule has 2 aromatic heterocycles. The number of piperidine rings is 1. The normalized spacial score (nSPS) is 22.6. The quantitative estimate of drug-likeness (QED) is 0.723. The highest BCUT2D eigenvalue weighted by Gasteiger charge is 2.39. The lowest BCUT2D eigenvalue weighted by molar-refractivity contribution is 0.0571. The van der Waals surface area contributed by atoms with Crippen LogP contribution >= 0.6 is 0 Å². The zero-order chi connectivity index (χ0) is 16.3. The monoisotopic (exact) mass is 321 g/mol. The maximum atomic E-state index is 13.0. The number of benzene rings is 1. The van der Waals surface area contributed by atoms with Gasteiger partial charge in [0.2, 0.25) is 0 Å². The molecule has 1 aliphatic heterocycles. The Morgan fingerprint density at radius 2 is 2.29 bits per heavy atom. The first-order valence-electron chi connectivity index (χ1n) is 8.48. The fourth-order valence-electron chi connectivity index (χ4n) is 4.28. The van der Waals surface area contributed by atoms with Crippen LogP contribution in [0.1, 0.15) is 46.3 Å². The lowest BCUT2D eigenvalue weighted by Crippen LogP contribution is -2.48.